The highest BCUT2D eigenvalue weighted by Gasteiger charge is 1.93. The quantitative estimate of drug-likeness (QED) is 0.709. The van der Waals surface area contributed by atoms with E-state index in [1.807, 2.05) is 12.3 Å². The number of nitrogens with two attached hydrogens (primary N) is 1. The van der Waals surface area contributed by atoms with Crippen LogP contribution in [0.5, 0.6) is 0 Å². The van der Waals surface area contributed by atoms with E-state index in [4.69, 9.17) is 5.73 Å². The van der Waals surface area contributed by atoms with Gasteiger partial charge in [0.2, 0.25) is 0 Å². The van der Waals surface area contributed by atoms with Gasteiger partial charge in [0.15, 0.2) is 0 Å². The lowest BCUT2D eigenvalue weighted by Crippen LogP contribution is -1.98. The van der Waals surface area contributed by atoms with E-state index in [0.29, 0.717) is 6.54 Å². The molecular formula is C9H14N2. The molecule has 1 rings (SSSR count). The second-order valence-electron chi connectivity index (χ2n) is 2.61. The predicted octanol–water partition coefficient (Wildman–Crippen LogP) is 1.49. The van der Waals surface area contributed by atoms with E-state index in [2.05, 4.69) is 18.0 Å². The van der Waals surface area contributed by atoms with Crippen molar-refractivity contribution in [2.75, 3.05) is 0 Å². The first-order chi connectivity index (χ1) is 5.36. The third-order valence-electron chi connectivity index (χ3n) is 1.62. The van der Waals surface area contributed by atoms with Crippen molar-refractivity contribution in [3.05, 3.63) is 29.6 Å². The zero-order chi connectivity index (χ0) is 8.10. The summed E-state index contributed by atoms with van der Waals surface area (Å²) in [6, 6.07) is 4.03. The first kappa shape index (κ1) is 8.21. The first-order valence-electron chi connectivity index (χ1n) is 4.00. The molecule has 1 aromatic heterocycles. The minimum absolute atomic E-state index is 0.610. The van der Waals surface area contributed by atoms with Crippen LogP contribution in [-0.4, -0.2) is 4.98 Å². The van der Waals surface area contributed by atoms with Crippen LogP contribution in [0.15, 0.2) is 18.3 Å². The molecule has 0 amide bonds. The Labute approximate surface area is 67.5 Å². The van der Waals surface area contributed by atoms with Crippen LogP contribution in [0.3, 0.4) is 0 Å². The van der Waals surface area contributed by atoms with Crippen LogP contribution in [-0.2, 0) is 13.0 Å². The maximum absolute atomic E-state index is 5.49. The third kappa shape index (κ3) is 2.31. The number of rotatable bonds is 3. The van der Waals surface area contributed by atoms with Crippen LogP contribution in [0.2, 0.25) is 0 Å². The van der Waals surface area contributed by atoms with E-state index < -0.39 is 0 Å². The Morgan fingerprint density at radius 3 is 3.00 bits per heavy atom. The van der Waals surface area contributed by atoms with Gasteiger partial charge in [0, 0.05) is 18.4 Å². The maximum atomic E-state index is 5.49. The Kier molecular flexibility index (Phi) is 3.05. The van der Waals surface area contributed by atoms with E-state index in [9.17, 15) is 0 Å². The van der Waals surface area contributed by atoms with Gasteiger partial charge in [-0.25, -0.2) is 0 Å². The fourth-order valence-corrected chi connectivity index (χ4v) is 1.05. The summed E-state index contributed by atoms with van der Waals surface area (Å²) in [6.07, 6.45) is 4.02. The van der Waals surface area contributed by atoms with E-state index in [-0.39, 0.29) is 0 Å². The van der Waals surface area contributed by atoms with Gasteiger partial charge in [-0.2, -0.15) is 0 Å². The van der Waals surface area contributed by atoms with Gasteiger partial charge in [-0.05, 0) is 24.1 Å². The van der Waals surface area contributed by atoms with Gasteiger partial charge in [0.05, 0.1) is 0 Å². The molecule has 2 heteroatoms. The van der Waals surface area contributed by atoms with Gasteiger partial charge in [0.1, 0.15) is 0 Å². The minimum Gasteiger partial charge on any atom is -0.326 e. The molecule has 0 aliphatic carbocycles. The summed E-state index contributed by atoms with van der Waals surface area (Å²) in [5.41, 5.74) is 7.81. The van der Waals surface area contributed by atoms with Crippen molar-refractivity contribution in [3.63, 3.8) is 0 Å². The average molecular weight is 150 g/mol. The highest BCUT2D eigenvalue weighted by Crippen LogP contribution is 2.02. The summed E-state index contributed by atoms with van der Waals surface area (Å²) in [6.45, 7) is 2.76. The van der Waals surface area contributed by atoms with Gasteiger partial charge in [0.25, 0.3) is 0 Å². The minimum atomic E-state index is 0.610. The number of nitrogens with zero attached hydrogens (tertiary/aromatic N) is 1. The molecule has 0 bridgehead atoms. The molecule has 0 saturated heterocycles. The number of aromatic nitrogens is 1. The normalized spacial score (nSPS) is 10.0. The summed E-state index contributed by atoms with van der Waals surface area (Å²) < 4.78 is 0. The van der Waals surface area contributed by atoms with Crippen LogP contribution < -0.4 is 5.73 Å². The first-order valence-corrected chi connectivity index (χ1v) is 4.00. The van der Waals surface area contributed by atoms with Crippen molar-refractivity contribution in [1.29, 1.82) is 0 Å². The molecule has 1 heterocycles. The Bertz CT molecular complexity index is 221. The zero-order valence-corrected chi connectivity index (χ0v) is 6.88. The van der Waals surface area contributed by atoms with E-state index in [1.54, 1.807) is 0 Å². The van der Waals surface area contributed by atoms with Gasteiger partial charge in [-0.3, -0.25) is 4.98 Å². The maximum Gasteiger partial charge on any atom is 0.0406 e. The Morgan fingerprint density at radius 2 is 2.36 bits per heavy atom. The number of aryl methyl sites for hydroxylation is 1. The van der Waals surface area contributed by atoms with Gasteiger partial charge in [-0.1, -0.05) is 13.3 Å². The monoisotopic (exact) mass is 150 g/mol. The van der Waals surface area contributed by atoms with Crippen LogP contribution in [0.4, 0.5) is 0 Å². The van der Waals surface area contributed by atoms with E-state index >= 15 is 0 Å². The van der Waals surface area contributed by atoms with E-state index in [0.717, 1.165) is 18.5 Å². The van der Waals surface area contributed by atoms with Crippen molar-refractivity contribution < 1.29 is 0 Å². The highest BCUT2D eigenvalue weighted by molar-refractivity contribution is 5.15. The van der Waals surface area contributed by atoms with Gasteiger partial charge in [-0.15, -0.1) is 0 Å². The van der Waals surface area contributed by atoms with Crippen molar-refractivity contribution in [3.8, 4) is 0 Å². The number of hydrogen-bond donors (Lipinski definition) is 1. The number of pyridine rings is 1. The summed E-state index contributed by atoms with van der Waals surface area (Å²) in [4.78, 5) is 4.22. The molecule has 2 nitrogen and oxygen atoms in total. The molecule has 0 atom stereocenters. The molecule has 0 saturated carbocycles. The fraction of sp³-hybridized carbons (Fsp3) is 0.444. The molecule has 0 spiro atoms. The second kappa shape index (κ2) is 4.09. The van der Waals surface area contributed by atoms with Gasteiger partial charge >= 0.3 is 0 Å². The molecule has 0 aromatic carbocycles. The summed E-state index contributed by atoms with van der Waals surface area (Å²) in [5.74, 6) is 0. The highest BCUT2D eigenvalue weighted by atomic mass is 14.7. The Morgan fingerprint density at radius 1 is 1.55 bits per heavy atom. The van der Waals surface area contributed by atoms with Crippen molar-refractivity contribution >= 4 is 0 Å². The largest absolute Gasteiger partial charge is 0.326 e. The zero-order valence-electron chi connectivity index (χ0n) is 6.88. The SMILES string of the molecule is CCCc1cc(CN)ccn1. The van der Waals surface area contributed by atoms with E-state index in [1.165, 1.54) is 5.56 Å². The lowest BCUT2D eigenvalue weighted by molar-refractivity contribution is 0.874. The molecule has 0 radical (unpaired) electrons. The molecule has 60 valence electrons. The lowest BCUT2D eigenvalue weighted by Gasteiger charge is -1.99. The molecular weight excluding hydrogens is 136 g/mol. The van der Waals surface area contributed by atoms with Gasteiger partial charge < -0.3 is 5.73 Å². The van der Waals surface area contributed by atoms with Crippen molar-refractivity contribution in [2.45, 2.75) is 26.3 Å². The molecule has 11 heavy (non-hydrogen) atoms. The predicted molar refractivity (Wildman–Crippen MR) is 46.1 cm³/mol. The Balaban J connectivity index is 2.74. The summed E-state index contributed by atoms with van der Waals surface area (Å²) in [5, 5.41) is 0. The second-order valence-corrected chi connectivity index (χ2v) is 2.61. The average Bonchev–Trinajstić information content (AvgIpc) is 2.06. The molecule has 1 aromatic rings. The Hall–Kier alpha value is -0.890. The molecule has 2 N–H and O–H groups in total. The molecule has 0 unspecified atom stereocenters. The van der Waals surface area contributed by atoms with Crippen LogP contribution in [0, 0.1) is 0 Å². The fourth-order valence-electron chi connectivity index (χ4n) is 1.05. The molecule has 0 fully saturated rings. The van der Waals surface area contributed by atoms with Crippen LogP contribution in [0.25, 0.3) is 0 Å². The van der Waals surface area contributed by atoms with Crippen molar-refractivity contribution in [1.82, 2.24) is 4.98 Å². The van der Waals surface area contributed by atoms with Crippen molar-refractivity contribution in [2.24, 2.45) is 5.73 Å². The summed E-state index contributed by atoms with van der Waals surface area (Å²) >= 11 is 0. The number of hydrogen-bond acceptors (Lipinski definition) is 2. The standard InChI is InChI=1S/C9H14N2/c1-2-3-9-6-8(7-10)4-5-11-9/h4-6H,2-3,7,10H2,1H3. The van der Waals surface area contributed by atoms with Crippen LogP contribution in [0.1, 0.15) is 24.6 Å². The molecule has 0 aliphatic rings. The summed E-state index contributed by atoms with van der Waals surface area (Å²) in [7, 11) is 0. The lowest BCUT2D eigenvalue weighted by atomic mass is 10.2. The topological polar surface area (TPSA) is 38.9 Å². The third-order valence-corrected chi connectivity index (χ3v) is 1.62. The smallest absolute Gasteiger partial charge is 0.0406 e. The van der Waals surface area contributed by atoms with Crippen LogP contribution >= 0.6 is 0 Å². The molecule has 0 aliphatic heterocycles.